The summed E-state index contributed by atoms with van der Waals surface area (Å²) in [6.45, 7) is 0.444. The number of guanidine groups is 1. The van der Waals surface area contributed by atoms with Crippen molar-refractivity contribution in [1.82, 2.24) is 20.0 Å². The minimum Gasteiger partial charge on any atom is -0.489 e. The molecule has 0 bridgehead atoms. The molecule has 0 saturated heterocycles. The van der Waals surface area contributed by atoms with Crippen LogP contribution in [-0.4, -0.2) is 47.9 Å². The van der Waals surface area contributed by atoms with Gasteiger partial charge in [0.25, 0.3) is 0 Å². The first kappa shape index (κ1) is 20.5. The zero-order valence-corrected chi connectivity index (χ0v) is 15.2. The van der Waals surface area contributed by atoms with Crippen LogP contribution in [0.2, 0.25) is 0 Å². The highest BCUT2D eigenvalue weighted by molar-refractivity contribution is 5.79. The minimum absolute atomic E-state index is 0.0159. The van der Waals surface area contributed by atoms with Crippen molar-refractivity contribution in [3.63, 3.8) is 0 Å². The first-order chi connectivity index (χ1) is 12.7. The topological polar surface area (TPSA) is 54.7 Å². The van der Waals surface area contributed by atoms with E-state index in [-0.39, 0.29) is 24.5 Å². The van der Waals surface area contributed by atoms with Gasteiger partial charge < -0.3 is 15.0 Å². The summed E-state index contributed by atoms with van der Waals surface area (Å²) in [6, 6.07) is 6.04. The number of benzene rings is 1. The van der Waals surface area contributed by atoms with Crippen molar-refractivity contribution < 1.29 is 22.3 Å². The van der Waals surface area contributed by atoms with Crippen molar-refractivity contribution in [3.8, 4) is 5.75 Å². The number of nitrogens with zero attached hydrogens (tertiary/aromatic N) is 4. The summed E-state index contributed by atoms with van der Waals surface area (Å²) in [5.41, 5.74) is -0.916. The van der Waals surface area contributed by atoms with E-state index in [9.17, 15) is 17.6 Å². The van der Waals surface area contributed by atoms with Gasteiger partial charge in [-0.3, -0.25) is 9.67 Å². The Kier molecular flexibility index (Phi) is 6.65. The molecule has 1 aromatic carbocycles. The zero-order chi connectivity index (χ0) is 20.0. The summed E-state index contributed by atoms with van der Waals surface area (Å²) in [6.07, 6.45) is -3.22. The lowest BCUT2D eigenvalue weighted by Gasteiger charge is -2.22. The summed E-state index contributed by atoms with van der Waals surface area (Å²) in [5.74, 6) is 0.0575. The monoisotopic (exact) mass is 387 g/mol. The number of halogens is 4. The fourth-order valence-corrected chi connectivity index (χ4v) is 2.42. The molecule has 0 fully saturated rings. The van der Waals surface area contributed by atoms with Gasteiger partial charge in [-0.15, -0.1) is 0 Å². The number of hydrogen-bond donors (Lipinski definition) is 1. The van der Waals surface area contributed by atoms with Crippen LogP contribution >= 0.6 is 0 Å². The molecule has 1 N–H and O–H groups in total. The zero-order valence-electron chi connectivity index (χ0n) is 15.2. The van der Waals surface area contributed by atoms with Gasteiger partial charge in [-0.2, -0.15) is 18.3 Å². The SMILES string of the molecule is CN=C(NCc1cn(C)nc1C(F)(F)F)N(C)CCOc1ccccc1F. The minimum atomic E-state index is -4.53. The Morgan fingerprint density at radius 2 is 2.04 bits per heavy atom. The van der Waals surface area contributed by atoms with E-state index in [2.05, 4.69) is 15.4 Å². The molecule has 2 aromatic rings. The predicted molar refractivity (Wildman–Crippen MR) is 92.9 cm³/mol. The molecule has 0 aliphatic carbocycles. The third kappa shape index (κ3) is 5.60. The average Bonchev–Trinajstić information content (AvgIpc) is 2.98. The Morgan fingerprint density at radius 1 is 1.33 bits per heavy atom. The maximum absolute atomic E-state index is 13.5. The molecule has 0 amide bonds. The number of hydrogen-bond acceptors (Lipinski definition) is 3. The Labute approximate surface area is 154 Å². The molecule has 0 aliphatic heterocycles. The van der Waals surface area contributed by atoms with E-state index in [1.807, 2.05) is 0 Å². The highest BCUT2D eigenvalue weighted by atomic mass is 19.4. The van der Waals surface area contributed by atoms with Crippen molar-refractivity contribution in [1.29, 1.82) is 0 Å². The molecule has 0 unspecified atom stereocenters. The molecule has 6 nitrogen and oxygen atoms in total. The number of ether oxygens (including phenoxy) is 1. The summed E-state index contributed by atoms with van der Waals surface area (Å²) < 4.78 is 59.0. The summed E-state index contributed by atoms with van der Waals surface area (Å²) in [4.78, 5) is 5.71. The third-order valence-electron chi connectivity index (χ3n) is 3.70. The van der Waals surface area contributed by atoms with Gasteiger partial charge in [0, 0.05) is 39.4 Å². The van der Waals surface area contributed by atoms with Gasteiger partial charge in [0.1, 0.15) is 6.61 Å². The lowest BCUT2D eigenvalue weighted by atomic mass is 10.2. The maximum Gasteiger partial charge on any atom is 0.435 e. The van der Waals surface area contributed by atoms with Gasteiger partial charge in [-0.1, -0.05) is 12.1 Å². The number of nitrogens with one attached hydrogen (secondary N) is 1. The highest BCUT2D eigenvalue weighted by Gasteiger charge is 2.36. The molecule has 0 aliphatic rings. The van der Waals surface area contributed by atoms with Crippen LogP contribution in [0, 0.1) is 5.82 Å². The average molecular weight is 387 g/mol. The molecular weight excluding hydrogens is 366 g/mol. The van der Waals surface area contributed by atoms with Crippen molar-refractivity contribution in [2.45, 2.75) is 12.7 Å². The number of para-hydroxylation sites is 1. The van der Waals surface area contributed by atoms with Gasteiger partial charge in [0.05, 0.1) is 6.54 Å². The summed E-state index contributed by atoms with van der Waals surface area (Å²) in [7, 11) is 4.65. The molecule has 148 valence electrons. The predicted octanol–water partition coefficient (Wildman–Crippen LogP) is 2.66. The van der Waals surface area contributed by atoms with Crippen LogP contribution in [0.1, 0.15) is 11.3 Å². The van der Waals surface area contributed by atoms with E-state index in [0.29, 0.717) is 12.5 Å². The Bertz CT molecular complexity index is 788. The van der Waals surface area contributed by atoms with E-state index in [1.54, 1.807) is 24.1 Å². The lowest BCUT2D eigenvalue weighted by Crippen LogP contribution is -2.40. The van der Waals surface area contributed by atoms with Crippen LogP contribution in [-0.2, 0) is 19.8 Å². The smallest absolute Gasteiger partial charge is 0.435 e. The van der Waals surface area contributed by atoms with Crippen LogP contribution in [0.15, 0.2) is 35.5 Å². The Hall–Kier alpha value is -2.78. The molecular formula is C17H21F4N5O. The van der Waals surface area contributed by atoms with E-state index in [1.165, 1.54) is 32.4 Å². The Morgan fingerprint density at radius 3 is 2.67 bits per heavy atom. The lowest BCUT2D eigenvalue weighted by molar-refractivity contribution is -0.142. The van der Waals surface area contributed by atoms with Crippen LogP contribution < -0.4 is 10.1 Å². The van der Waals surface area contributed by atoms with Gasteiger partial charge >= 0.3 is 6.18 Å². The number of aliphatic imine (C=N–C) groups is 1. The molecule has 27 heavy (non-hydrogen) atoms. The standard InChI is InChI=1S/C17H21F4N5O/c1-22-16(23-10-12-11-26(3)24-15(12)17(19,20)21)25(2)8-9-27-14-7-5-4-6-13(14)18/h4-7,11H,8-10H2,1-3H3,(H,22,23). The molecule has 0 atom stereocenters. The molecule has 0 radical (unpaired) electrons. The van der Waals surface area contributed by atoms with Crippen molar-refractivity contribution in [2.75, 3.05) is 27.2 Å². The molecule has 0 saturated carbocycles. The second-order valence-corrected chi connectivity index (χ2v) is 5.78. The van der Waals surface area contributed by atoms with Crippen LogP contribution in [0.4, 0.5) is 17.6 Å². The second kappa shape index (κ2) is 8.74. The fraction of sp³-hybridized carbons (Fsp3) is 0.412. The number of likely N-dealkylation sites (N-methyl/N-ethyl adjacent to an activating group) is 1. The molecule has 0 spiro atoms. The first-order valence-electron chi connectivity index (χ1n) is 8.11. The van der Waals surface area contributed by atoms with Gasteiger partial charge in [0.15, 0.2) is 23.2 Å². The number of aryl methyl sites for hydroxylation is 1. The summed E-state index contributed by atoms with van der Waals surface area (Å²) >= 11 is 0. The second-order valence-electron chi connectivity index (χ2n) is 5.78. The van der Waals surface area contributed by atoms with Gasteiger partial charge in [0.2, 0.25) is 0 Å². The number of aromatic nitrogens is 2. The van der Waals surface area contributed by atoms with Crippen molar-refractivity contribution in [2.24, 2.45) is 12.0 Å². The van der Waals surface area contributed by atoms with E-state index in [4.69, 9.17) is 4.74 Å². The van der Waals surface area contributed by atoms with Crippen LogP contribution in [0.25, 0.3) is 0 Å². The molecule has 1 heterocycles. The third-order valence-corrected chi connectivity index (χ3v) is 3.70. The van der Waals surface area contributed by atoms with Crippen molar-refractivity contribution in [3.05, 3.63) is 47.5 Å². The van der Waals surface area contributed by atoms with Crippen LogP contribution in [0.3, 0.4) is 0 Å². The fourth-order valence-electron chi connectivity index (χ4n) is 2.42. The van der Waals surface area contributed by atoms with Gasteiger partial charge in [-0.25, -0.2) is 4.39 Å². The largest absolute Gasteiger partial charge is 0.489 e. The number of rotatable bonds is 6. The number of alkyl halides is 3. The first-order valence-corrected chi connectivity index (χ1v) is 8.11. The van der Waals surface area contributed by atoms with E-state index < -0.39 is 17.7 Å². The van der Waals surface area contributed by atoms with E-state index >= 15 is 0 Å². The maximum atomic E-state index is 13.5. The molecule has 10 heteroatoms. The highest BCUT2D eigenvalue weighted by Crippen LogP contribution is 2.30. The molecule has 1 aromatic heterocycles. The summed E-state index contributed by atoms with van der Waals surface area (Å²) in [5, 5.41) is 6.33. The van der Waals surface area contributed by atoms with Gasteiger partial charge in [-0.05, 0) is 12.1 Å². The molecule has 2 rings (SSSR count). The normalized spacial score (nSPS) is 12.2. The van der Waals surface area contributed by atoms with Crippen molar-refractivity contribution >= 4 is 5.96 Å². The Balaban J connectivity index is 1.91. The van der Waals surface area contributed by atoms with Crippen LogP contribution in [0.5, 0.6) is 5.75 Å². The quantitative estimate of drug-likeness (QED) is 0.470. The van der Waals surface area contributed by atoms with E-state index in [0.717, 1.165) is 4.68 Å².